The van der Waals surface area contributed by atoms with Gasteiger partial charge in [-0.25, -0.2) is 4.98 Å². The number of halogens is 1. The van der Waals surface area contributed by atoms with E-state index in [0.717, 1.165) is 41.2 Å². The number of aryl methyl sites for hydroxylation is 2. The fourth-order valence-corrected chi connectivity index (χ4v) is 3.01. The summed E-state index contributed by atoms with van der Waals surface area (Å²) in [5.74, 6) is 0.577. The molecule has 1 N–H and O–H groups in total. The molecule has 1 aliphatic heterocycles. The molecule has 2 unspecified atom stereocenters. The largest absolute Gasteiger partial charge is 0.371 e. The third-order valence-corrected chi connectivity index (χ3v) is 4.37. The zero-order chi connectivity index (χ0) is 16.2. The Morgan fingerprint density at radius 2 is 1.87 bits per heavy atom. The van der Waals surface area contributed by atoms with Crippen LogP contribution in [0.4, 0.5) is 5.95 Å². The predicted octanol–water partition coefficient (Wildman–Crippen LogP) is 3.59. The van der Waals surface area contributed by atoms with Crippen molar-refractivity contribution in [1.82, 2.24) is 15.2 Å². The molecule has 3 rings (SSSR count). The number of benzene rings is 1. The Balaban J connectivity index is 1.77. The lowest BCUT2D eigenvalue weighted by molar-refractivity contribution is 0.107. The van der Waals surface area contributed by atoms with Crippen LogP contribution in [0.25, 0.3) is 0 Å². The van der Waals surface area contributed by atoms with E-state index in [4.69, 9.17) is 16.3 Å². The number of nitrogens with one attached hydrogen (secondary N) is 1. The van der Waals surface area contributed by atoms with E-state index in [1.165, 1.54) is 0 Å². The Bertz CT molecular complexity index is 662. The highest BCUT2D eigenvalue weighted by molar-refractivity contribution is 6.30. The number of nitrogens with zero attached hydrogens (tertiary/aromatic N) is 3. The molecule has 0 bridgehead atoms. The molecule has 1 aromatic carbocycles. The molecule has 0 amide bonds. The van der Waals surface area contributed by atoms with Gasteiger partial charge in [-0.05, 0) is 37.0 Å². The number of rotatable bonds is 5. The first-order valence-corrected chi connectivity index (χ1v) is 8.45. The van der Waals surface area contributed by atoms with E-state index in [1.807, 2.05) is 24.3 Å². The first kappa shape index (κ1) is 16.1. The Labute approximate surface area is 141 Å². The molecule has 1 aliphatic rings. The summed E-state index contributed by atoms with van der Waals surface area (Å²) in [6.07, 6.45) is 2.60. The van der Waals surface area contributed by atoms with Gasteiger partial charge in [-0.2, -0.15) is 5.10 Å². The third-order valence-electron chi connectivity index (χ3n) is 4.11. The van der Waals surface area contributed by atoms with Gasteiger partial charge in [0, 0.05) is 11.6 Å². The van der Waals surface area contributed by atoms with Gasteiger partial charge in [0.25, 0.3) is 0 Å². The average Bonchev–Trinajstić information content (AvgIpc) is 3.03. The Kier molecular flexibility index (Phi) is 5.08. The number of hydrogen-bond donors (Lipinski definition) is 1. The molecule has 1 fully saturated rings. The van der Waals surface area contributed by atoms with Crippen LogP contribution in [0.2, 0.25) is 5.02 Å². The van der Waals surface area contributed by atoms with Crippen LogP contribution in [0.15, 0.2) is 24.3 Å². The van der Waals surface area contributed by atoms with Gasteiger partial charge in [0.2, 0.25) is 5.95 Å². The van der Waals surface area contributed by atoms with Crippen molar-refractivity contribution in [1.29, 1.82) is 0 Å². The first-order chi connectivity index (χ1) is 11.2. The van der Waals surface area contributed by atoms with E-state index >= 15 is 0 Å². The number of ether oxygens (including phenoxy) is 1. The van der Waals surface area contributed by atoms with E-state index in [0.29, 0.717) is 12.6 Å². The molecule has 0 radical (unpaired) electrons. The lowest BCUT2D eigenvalue weighted by Gasteiger charge is -2.20. The van der Waals surface area contributed by atoms with Crippen molar-refractivity contribution in [3.8, 4) is 0 Å². The minimum atomic E-state index is -0.0215. The van der Waals surface area contributed by atoms with E-state index in [2.05, 4.69) is 34.3 Å². The van der Waals surface area contributed by atoms with Crippen LogP contribution in [0.1, 0.15) is 43.3 Å². The molecule has 0 saturated carbocycles. The molecule has 5 nitrogen and oxygen atoms in total. The van der Waals surface area contributed by atoms with Crippen molar-refractivity contribution >= 4 is 17.5 Å². The van der Waals surface area contributed by atoms with Gasteiger partial charge in [0.1, 0.15) is 6.10 Å². The van der Waals surface area contributed by atoms with Gasteiger partial charge in [0.05, 0.1) is 17.4 Å². The maximum absolute atomic E-state index is 5.96. The summed E-state index contributed by atoms with van der Waals surface area (Å²) >= 11 is 5.96. The molecule has 2 atom stereocenters. The van der Waals surface area contributed by atoms with Gasteiger partial charge in [0.15, 0.2) is 0 Å². The highest BCUT2D eigenvalue weighted by atomic mass is 35.5. The Hall–Kier alpha value is -1.72. The Morgan fingerprint density at radius 1 is 1.13 bits per heavy atom. The van der Waals surface area contributed by atoms with Crippen molar-refractivity contribution in [2.75, 3.05) is 11.9 Å². The second-order valence-corrected chi connectivity index (χ2v) is 6.05. The summed E-state index contributed by atoms with van der Waals surface area (Å²) in [7, 11) is 0. The van der Waals surface area contributed by atoms with E-state index in [9.17, 15) is 0 Å². The van der Waals surface area contributed by atoms with Gasteiger partial charge >= 0.3 is 0 Å². The first-order valence-electron chi connectivity index (χ1n) is 8.07. The van der Waals surface area contributed by atoms with Gasteiger partial charge < -0.3 is 10.1 Å². The summed E-state index contributed by atoms with van der Waals surface area (Å²) in [5.41, 5.74) is 3.08. The minimum Gasteiger partial charge on any atom is -0.371 e. The fraction of sp³-hybridized carbons (Fsp3) is 0.471. The van der Waals surface area contributed by atoms with Crippen LogP contribution < -0.4 is 5.32 Å². The van der Waals surface area contributed by atoms with Crippen LogP contribution in [0.5, 0.6) is 0 Å². The molecule has 0 aliphatic carbocycles. The Morgan fingerprint density at radius 3 is 2.57 bits per heavy atom. The number of hydrogen-bond acceptors (Lipinski definition) is 5. The zero-order valence-electron chi connectivity index (χ0n) is 13.4. The second-order valence-electron chi connectivity index (χ2n) is 5.62. The summed E-state index contributed by atoms with van der Waals surface area (Å²) < 4.78 is 5.88. The van der Waals surface area contributed by atoms with Crippen LogP contribution in [0.3, 0.4) is 0 Å². The second kappa shape index (κ2) is 7.23. The van der Waals surface area contributed by atoms with E-state index < -0.39 is 0 Å². The molecule has 0 spiro atoms. The summed E-state index contributed by atoms with van der Waals surface area (Å²) in [6.45, 7) is 4.87. The van der Waals surface area contributed by atoms with Crippen LogP contribution in [-0.2, 0) is 17.6 Å². The van der Waals surface area contributed by atoms with Crippen molar-refractivity contribution in [3.05, 3.63) is 46.2 Å². The third kappa shape index (κ3) is 3.62. The molecule has 23 heavy (non-hydrogen) atoms. The van der Waals surface area contributed by atoms with E-state index in [1.54, 1.807) is 0 Å². The quantitative estimate of drug-likeness (QED) is 0.906. The zero-order valence-corrected chi connectivity index (χ0v) is 14.2. The average molecular weight is 333 g/mol. The molecule has 122 valence electrons. The maximum Gasteiger partial charge on any atom is 0.243 e. The molecule has 1 saturated heterocycles. The predicted molar refractivity (Wildman–Crippen MR) is 90.8 cm³/mol. The van der Waals surface area contributed by atoms with Crippen molar-refractivity contribution < 1.29 is 4.74 Å². The normalized spacial score (nSPS) is 20.7. The van der Waals surface area contributed by atoms with Gasteiger partial charge in [-0.1, -0.05) is 37.6 Å². The fourth-order valence-electron chi connectivity index (χ4n) is 2.88. The molecule has 2 heterocycles. The summed E-state index contributed by atoms with van der Waals surface area (Å²) in [5, 5.41) is 12.6. The topological polar surface area (TPSA) is 59.9 Å². The molecule has 2 aromatic rings. The SMILES string of the molecule is CCc1nnc(NC2CCOC2c2ccc(Cl)cc2)nc1CC. The van der Waals surface area contributed by atoms with Crippen molar-refractivity contribution in [2.45, 2.75) is 45.3 Å². The smallest absolute Gasteiger partial charge is 0.243 e. The molecular formula is C17H21ClN4O. The monoisotopic (exact) mass is 332 g/mol. The van der Waals surface area contributed by atoms with Crippen molar-refractivity contribution in [2.24, 2.45) is 0 Å². The highest BCUT2D eigenvalue weighted by Gasteiger charge is 2.30. The summed E-state index contributed by atoms with van der Waals surface area (Å²) in [6, 6.07) is 7.92. The highest BCUT2D eigenvalue weighted by Crippen LogP contribution is 2.31. The number of anilines is 1. The van der Waals surface area contributed by atoms with Crippen LogP contribution >= 0.6 is 11.6 Å². The molecular weight excluding hydrogens is 312 g/mol. The molecule has 6 heteroatoms. The number of aromatic nitrogens is 3. The van der Waals surface area contributed by atoms with Crippen molar-refractivity contribution in [3.63, 3.8) is 0 Å². The standard InChI is InChI=1S/C17H21ClN4O/c1-3-13-14(4-2)21-22-17(19-13)20-15-9-10-23-16(15)11-5-7-12(18)8-6-11/h5-8,15-16H,3-4,9-10H2,1-2H3,(H,19,20,22). The lowest BCUT2D eigenvalue weighted by atomic mass is 10.0. The van der Waals surface area contributed by atoms with Gasteiger partial charge in [-0.15, -0.1) is 5.10 Å². The van der Waals surface area contributed by atoms with Gasteiger partial charge in [-0.3, -0.25) is 0 Å². The maximum atomic E-state index is 5.96. The van der Waals surface area contributed by atoms with Crippen LogP contribution in [-0.4, -0.2) is 27.8 Å². The van der Waals surface area contributed by atoms with E-state index in [-0.39, 0.29) is 12.1 Å². The lowest BCUT2D eigenvalue weighted by Crippen LogP contribution is -2.25. The molecule has 1 aromatic heterocycles. The minimum absolute atomic E-state index is 0.0215. The summed E-state index contributed by atoms with van der Waals surface area (Å²) in [4.78, 5) is 4.61. The van der Waals surface area contributed by atoms with Crippen LogP contribution in [0, 0.1) is 0 Å².